The monoisotopic (exact) mass is 216 g/mol. The predicted molar refractivity (Wildman–Crippen MR) is 61.5 cm³/mol. The molecule has 90 valence electrons. The Balaban J connectivity index is 4.17. The van der Waals surface area contributed by atoms with E-state index in [0.717, 1.165) is 6.42 Å². The maximum Gasteiger partial charge on any atom is 0.239 e. The van der Waals surface area contributed by atoms with Gasteiger partial charge in [-0.1, -0.05) is 13.8 Å². The number of likely N-dealkylation sites (N-methyl/N-ethyl adjacent to an activating group) is 1. The van der Waals surface area contributed by atoms with Crippen molar-refractivity contribution in [2.75, 3.05) is 20.8 Å². The molecule has 15 heavy (non-hydrogen) atoms. The van der Waals surface area contributed by atoms with Crippen LogP contribution in [0.2, 0.25) is 0 Å². The number of carbonyl (C=O) groups is 1. The maximum absolute atomic E-state index is 11.8. The summed E-state index contributed by atoms with van der Waals surface area (Å²) in [6.45, 7) is 6.61. The van der Waals surface area contributed by atoms with Gasteiger partial charge in [0, 0.05) is 14.2 Å². The van der Waals surface area contributed by atoms with Crippen LogP contribution in [-0.4, -0.2) is 43.7 Å². The fourth-order valence-corrected chi connectivity index (χ4v) is 1.44. The smallest absolute Gasteiger partial charge is 0.239 e. The Kier molecular flexibility index (Phi) is 6.52. The molecule has 0 heterocycles. The Labute approximate surface area is 92.8 Å². The van der Waals surface area contributed by atoms with Gasteiger partial charge in [-0.25, -0.2) is 0 Å². The van der Waals surface area contributed by atoms with E-state index in [1.54, 1.807) is 19.1 Å². The number of nitrogens with two attached hydrogens (primary N) is 1. The van der Waals surface area contributed by atoms with Crippen LogP contribution in [0.15, 0.2) is 0 Å². The lowest BCUT2D eigenvalue weighted by molar-refractivity contribution is -0.134. The van der Waals surface area contributed by atoms with Gasteiger partial charge in [0.2, 0.25) is 5.91 Å². The minimum Gasteiger partial charge on any atom is -0.383 e. The van der Waals surface area contributed by atoms with Gasteiger partial charge < -0.3 is 15.4 Å². The molecule has 0 aliphatic carbocycles. The summed E-state index contributed by atoms with van der Waals surface area (Å²) < 4.78 is 5.00. The third kappa shape index (κ3) is 5.14. The molecule has 0 rings (SSSR count). The molecule has 0 aromatic heterocycles. The number of methoxy groups -OCH3 is 1. The molecule has 2 unspecified atom stereocenters. The third-order valence-corrected chi connectivity index (χ3v) is 2.46. The average Bonchev–Trinajstić information content (AvgIpc) is 2.14. The molecule has 0 saturated heterocycles. The second kappa shape index (κ2) is 6.80. The van der Waals surface area contributed by atoms with Crippen molar-refractivity contribution in [2.24, 2.45) is 11.7 Å². The van der Waals surface area contributed by atoms with Crippen LogP contribution in [0.1, 0.15) is 27.2 Å². The van der Waals surface area contributed by atoms with E-state index >= 15 is 0 Å². The van der Waals surface area contributed by atoms with E-state index in [0.29, 0.717) is 12.5 Å². The molecule has 2 N–H and O–H groups in total. The molecule has 1 amide bonds. The molecule has 0 spiro atoms. The van der Waals surface area contributed by atoms with Crippen LogP contribution < -0.4 is 5.73 Å². The molecule has 2 atom stereocenters. The van der Waals surface area contributed by atoms with Gasteiger partial charge in [-0.15, -0.1) is 0 Å². The highest BCUT2D eigenvalue weighted by Crippen LogP contribution is 2.07. The Bertz CT molecular complexity index is 195. The van der Waals surface area contributed by atoms with Gasteiger partial charge in [0.05, 0.1) is 18.7 Å². The fourth-order valence-electron chi connectivity index (χ4n) is 1.44. The van der Waals surface area contributed by atoms with Crippen molar-refractivity contribution in [1.29, 1.82) is 0 Å². The topological polar surface area (TPSA) is 55.6 Å². The van der Waals surface area contributed by atoms with E-state index in [4.69, 9.17) is 10.5 Å². The van der Waals surface area contributed by atoms with Gasteiger partial charge >= 0.3 is 0 Å². The molecular weight excluding hydrogens is 192 g/mol. The SMILES string of the molecule is COCC(C)N(C)C(=O)C(N)CC(C)C. The molecule has 4 heteroatoms. The largest absolute Gasteiger partial charge is 0.383 e. The van der Waals surface area contributed by atoms with E-state index in [1.807, 2.05) is 6.92 Å². The highest BCUT2D eigenvalue weighted by Gasteiger charge is 2.22. The van der Waals surface area contributed by atoms with E-state index < -0.39 is 6.04 Å². The van der Waals surface area contributed by atoms with E-state index in [1.165, 1.54) is 0 Å². The minimum absolute atomic E-state index is 0.00625. The Morgan fingerprint density at radius 1 is 1.40 bits per heavy atom. The van der Waals surface area contributed by atoms with Crippen LogP contribution in [-0.2, 0) is 9.53 Å². The first-order valence-corrected chi connectivity index (χ1v) is 5.41. The van der Waals surface area contributed by atoms with Crippen molar-refractivity contribution < 1.29 is 9.53 Å². The minimum atomic E-state index is -0.394. The molecule has 4 nitrogen and oxygen atoms in total. The Hall–Kier alpha value is -0.610. The van der Waals surface area contributed by atoms with E-state index in [9.17, 15) is 4.79 Å². The van der Waals surface area contributed by atoms with Gasteiger partial charge in [0.1, 0.15) is 0 Å². The van der Waals surface area contributed by atoms with Gasteiger partial charge in [-0.2, -0.15) is 0 Å². The molecule has 0 fully saturated rings. The first-order valence-electron chi connectivity index (χ1n) is 5.41. The molecule has 0 aliphatic rings. The van der Waals surface area contributed by atoms with Crippen molar-refractivity contribution in [1.82, 2.24) is 4.90 Å². The molecule has 0 saturated carbocycles. The van der Waals surface area contributed by atoms with Gasteiger partial charge in [-0.3, -0.25) is 4.79 Å². The van der Waals surface area contributed by atoms with Crippen LogP contribution in [0, 0.1) is 5.92 Å². The summed E-state index contributed by atoms with van der Waals surface area (Å²) >= 11 is 0. The normalized spacial score (nSPS) is 15.1. The number of rotatable bonds is 6. The second-order valence-electron chi connectivity index (χ2n) is 4.49. The Morgan fingerprint density at radius 2 is 1.93 bits per heavy atom. The van der Waals surface area contributed by atoms with Crippen molar-refractivity contribution in [3.8, 4) is 0 Å². The maximum atomic E-state index is 11.8. The van der Waals surface area contributed by atoms with Crippen LogP contribution in [0.3, 0.4) is 0 Å². The highest BCUT2D eigenvalue weighted by molar-refractivity contribution is 5.81. The lowest BCUT2D eigenvalue weighted by Crippen LogP contribution is -2.47. The quantitative estimate of drug-likeness (QED) is 0.716. The molecular formula is C11H24N2O2. The summed E-state index contributed by atoms with van der Waals surface area (Å²) in [6, 6.07) is -0.324. The zero-order valence-corrected chi connectivity index (χ0v) is 10.5. The van der Waals surface area contributed by atoms with Crippen molar-refractivity contribution in [3.05, 3.63) is 0 Å². The van der Waals surface area contributed by atoms with Crippen molar-refractivity contribution in [3.63, 3.8) is 0 Å². The highest BCUT2D eigenvalue weighted by atomic mass is 16.5. The van der Waals surface area contributed by atoms with Crippen LogP contribution in [0.4, 0.5) is 0 Å². The zero-order valence-electron chi connectivity index (χ0n) is 10.5. The van der Waals surface area contributed by atoms with Crippen LogP contribution >= 0.6 is 0 Å². The van der Waals surface area contributed by atoms with Crippen molar-refractivity contribution in [2.45, 2.75) is 39.3 Å². The van der Waals surface area contributed by atoms with Gasteiger partial charge in [-0.05, 0) is 19.3 Å². The summed E-state index contributed by atoms with van der Waals surface area (Å²) in [4.78, 5) is 13.5. The second-order valence-corrected chi connectivity index (χ2v) is 4.49. The van der Waals surface area contributed by atoms with Gasteiger partial charge in [0.25, 0.3) is 0 Å². The van der Waals surface area contributed by atoms with E-state index in [-0.39, 0.29) is 11.9 Å². The lowest BCUT2D eigenvalue weighted by Gasteiger charge is -2.27. The number of nitrogens with zero attached hydrogens (tertiary/aromatic N) is 1. The van der Waals surface area contributed by atoms with Crippen molar-refractivity contribution >= 4 is 5.91 Å². The molecule has 0 aromatic carbocycles. The molecule has 0 aliphatic heterocycles. The summed E-state index contributed by atoms with van der Waals surface area (Å²) in [5, 5.41) is 0. The molecule has 0 radical (unpaired) electrons. The van der Waals surface area contributed by atoms with Crippen LogP contribution in [0.25, 0.3) is 0 Å². The summed E-state index contributed by atoms with van der Waals surface area (Å²) in [7, 11) is 3.40. The van der Waals surface area contributed by atoms with E-state index in [2.05, 4.69) is 13.8 Å². The first kappa shape index (κ1) is 14.4. The Morgan fingerprint density at radius 3 is 2.33 bits per heavy atom. The van der Waals surface area contributed by atoms with Gasteiger partial charge in [0.15, 0.2) is 0 Å². The predicted octanol–water partition coefficient (Wildman–Crippen LogP) is 0.853. The lowest BCUT2D eigenvalue weighted by atomic mass is 10.0. The number of hydrogen-bond donors (Lipinski definition) is 1. The van der Waals surface area contributed by atoms with Crippen LogP contribution in [0.5, 0.6) is 0 Å². The third-order valence-electron chi connectivity index (χ3n) is 2.46. The summed E-state index contributed by atoms with van der Waals surface area (Å²) in [5.74, 6) is 0.434. The molecule has 0 bridgehead atoms. The molecule has 0 aromatic rings. The zero-order chi connectivity index (χ0) is 12.0. The standard InChI is InChI=1S/C11H24N2O2/c1-8(2)6-10(12)11(14)13(4)9(3)7-15-5/h8-10H,6-7,12H2,1-5H3. The number of amides is 1. The number of carbonyl (C=O) groups excluding carboxylic acids is 1. The summed E-state index contributed by atoms with van der Waals surface area (Å²) in [6.07, 6.45) is 0.725. The number of hydrogen-bond acceptors (Lipinski definition) is 3. The first-order chi connectivity index (χ1) is 6.90. The summed E-state index contributed by atoms with van der Waals surface area (Å²) in [5.41, 5.74) is 5.82. The fraction of sp³-hybridized carbons (Fsp3) is 0.909. The average molecular weight is 216 g/mol. The number of ether oxygens (including phenoxy) is 1.